The van der Waals surface area contributed by atoms with Crippen LogP contribution in [-0.4, -0.2) is 59.9 Å². The van der Waals surface area contributed by atoms with Gasteiger partial charge in [0.25, 0.3) is 0 Å². The number of hydrogen-bond acceptors (Lipinski definition) is 7. The molecule has 30 heavy (non-hydrogen) atoms. The number of ether oxygens (including phenoxy) is 1. The van der Waals surface area contributed by atoms with Gasteiger partial charge < -0.3 is 25.0 Å². The first-order valence-corrected chi connectivity index (χ1v) is 10.1. The predicted molar refractivity (Wildman–Crippen MR) is 119 cm³/mol. The average Bonchev–Trinajstić information content (AvgIpc) is 3.17. The van der Waals surface area contributed by atoms with Gasteiger partial charge in [-0.25, -0.2) is 9.97 Å². The summed E-state index contributed by atoms with van der Waals surface area (Å²) in [6, 6.07) is 18.0. The summed E-state index contributed by atoms with van der Waals surface area (Å²) in [5.74, 6) is 2.34. The van der Waals surface area contributed by atoms with Crippen molar-refractivity contribution in [2.75, 3.05) is 44.0 Å². The third-order valence-corrected chi connectivity index (χ3v) is 4.96. The SMILES string of the molecule is CN(C)CC(O)COc1ccc(Nc2cc(N3CCc4ccccc43)ncn2)cc1. The molecule has 1 aliphatic rings. The van der Waals surface area contributed by atoms with Crippen LogP contribution < -0.4 is 15.0 Å². The van der Waals surface area contributed by atoms with Gasteiger partial charge in [0.15, 0.2) is 0 Å². The number of benzene rings is 2. The van der Waals surface area contributed by atoms with E-state index in [1.54, 1.807) is 6.33 Å². The summed E-state index contributed by atoms with van der Waals surface area (Å²) in [5.41, 5.74) is 3.46. The fourth-order valence-electron chi connectivity index (χ4n) is 3.59. The van der Waals surface area contributed by atoms with Crippen LogP contribution in [-0.2, 0) is 6.42 Å². The second-order valence-corrected chi connectivity index (χ2v) is 7.67. The van der Waals surface area contributed by atoms with Crippen LogP contribution in [0.15, 0.2) is 60.9 Å². The highest BCUT2D eigenvalue weighted by Crippen LogP contribution is 2.33. The lowest BCUT2D eigenvalue weighted by Gasteiger charge is -2.19. The van der Waals surface area contributed by atoms with Crippen LogP contribution in [0.5, 0.6) is 5.75 Å². The quantitative estimate of drug-likeness (QED) is 0.596. The first-order valence-electron chi connectivity index (χ1n) is 10.1. The molecule has 2 aromatic carbocycles. The van der Waals surface area contributed by atoms with Crippen molar-refractivity contribution in [3.05, 3.63) is 66.5 Å². The number of nitrogens with one attached hydrogen (secondary N) is 1. The minimum atomic E-state index is -0.520. The van der Waals surface area contributed by atoms with E-state index < -0.39 is 6.10 Å². The summed E-state index contributed by atoms with van der Waals surface area (Å²) in [5, 5.41) is 13.2. The molecule has 0 bridgehead atoms. The van der Waals surface area contributed by atoms with Gasteiger partial charge in [0.2, 0.25) is 0 Å². The monoisotopic (exact) mass is 405 g/mol. The molecule has 0 saturated carbocycles. The highest BCUT2D eigenvalue weighted by atomic mass is 16.5. The van der Waals surface area contributed by atoms with E-state index in [0.29, 0.717) is 6.54 Å². The van der Waals surface area contributed by atoms with Crippen molar-refractivity contribution in [3.8, 4) is 5.75 Å². The number of rotatable bonds is 8. The Morgan fingerprint density at radius 2 is 1.93 bits per heavy atom. The van der Waals surface area contributed by atoms with Crippen LogP contribution in [0.2, 0.25) is 0 Å². The second-order valence-electron chi connectivity index (χ2n) is 7.67. The van der Waals surface area contributed by atoms with E-state index >= 15 is 0 Å². The van der Waals surface area contributed by atoms with Gasteiger partial charge in [0.05, 0.1) is 0 Å². The highest BCUT2D eigenvalue weighted by Gasteiger charge is 2.21. The zero-order valence-electron chi connectivity index (χ0n) is 17.3. The van der Waals surface area contributed by atoms with Crippen LogP contribution in [0.25, 0.3) is 0 Å². The molecule has 1 aromatic heterocycles. The smallest absolute Gasteiger partial charge is 0.138 e. The number of nitrogens with zero attached hydrogens (tertiary/aromatic N) is 4. The maximum Gasteiger partial charge on any atom is 0.138 e. The van der Waals surface area contributed by atoms with Crippen molar-refractivity contribution in [2.24, 2.45) is 0 Å². The first kappa shape index (κ1) is 20.1. The van der Waals surface area contributed by atoms with Crippen LogP contribution in [0.1, 0.15) is 5.56 Å². The highest BCUT2D eigenvalue weighted by molar-refractivity contribution is 5.69. The largest absolute Gasteiger partial charge is 0.491 e. The lowest BCUT2D eigenvalue weighted by atomic mass is 10.2. The van der Waals surface area contributed by atoms with Crippen LogP contribution in [0.3, 0.4) is 0 Å². The lowest BCUT2D eigenvalue weighted by molar-refractivity contribution is 0.0831. The van der Waals surface area contributed by atoms with Crippen LogP contribution in [0, 0.1) is 0 Å². The molecule has 2 N–H and O–H groups in total. The summed E-state index contributed by atoms with van der Waals surface area (Å²) < 4.78 is 5.66. The molecular formula is C23H27N5O2. The molecule has 0 aliphatic carbocycles. The van der Waals surface area contributed by atoms with E-state index in [9.17, 15) is 5.11 Å². The third-order valence-electron chi connectivity index (χ3n) is 4.96. The van der Waals surface area contributed by atoms with E-state index in [4.69, 9.17) is 4.74 Å². The molecule has 0 saturated heterocycles. The number of para-hydroxylation sites is 1. The topological polar surface area (TPSA) is 73.8 Å². The van der Waals surface area contributed by atoms with Gasteiger partial charge in [0.1, 0.15) is 36.4 Å². The summed E-state index contributed by atoms with van der Waals surface area (Å²) in [6.45, 7) is 1.75. The van der Waals surface area contributed by atoms with E-state index in [1.165, 1.54) is 11.3 Å². The fraction of sp³-hybridized carbons (Fsp3) is 0.304. The number of aliphatic hydroxyl groups is 1. The number of aromatic nitrogens is 2. The average molecular weight is 406 g/mol. The van der Waals surface area contributed by atoms with Crippen molar-refractivity contribution in [1.82, 2.24) is 14.9 Å². The van der Waals surface area contributed by atoms with Gasteiger partial charge in [-0.15, -0.1) is 0 Å². The van der Waals surface area contributed by atoms with Crippen molar-refractivity contribution < 1.29 is 9.84 Å². The maximum atomic E-state index is 9.91. The van der Waals surface area contributed by atoms with Gasteiger partial charge in [-0.2, -0.15) is 0 Å². The molecule has 0 fully saturated rings. The van der Waals surface area contributed by atoms with Crippen molar-refractivity contribution in [1.29, 1.82) is 0 Å². The van der Waals surface area contributed by atoms with Crippen LogP contribution >= 0.6 is 0 Å². The molecule has 0 radical (unpaired) electrons. The minimum Gasteiger partial charge on any atom is -0.491 e. The Morgan fingerprint density at radius 1 is 1.13 bits per heavy atom. The molecule has 2 heterocycles. The molecule has 0 amide bonds. The minimum absolute atomic E-state index is 0.261. The van der Waals surface area contributed by atoms with E-state index in [1.807, 2.05) is 49.3 Å². The Labute approximate surface area is 177 Å². The van der Waals surface area contributed by atoms with Crippen molar-refractivity contribution in [3.63, 3.8) is 0 Å². The van der Waals surface area contributed by atoms with E-state index in [0.717, 1.165) is 36.0 Å². The maximum absolute atomic E-state index is 9.91. The van der Waals surface area contributed by atoms with Gasteiger partial charge in [-0.3, -0.25) is 0 Å². The first-order chi connectivity index (χ1) is 14.6. The summed E-state index contributed by atoms with van der Waals surface area (Å²) >= 11 is 0. The standard InChI is InChI=1S/C23H27N5O2/c1-27(2)14-19(29)15-30-20-9-7-18(8-10-20)26-22-13-23(25-16-24-22)28-12-11-17-5-3-4-6-21(17)28/h3-10,13,16,19,29H,11-12,14-15H2,1-2H3,(H,24,25,26). The second kappa shape index (κ2) is 9.11. The molecule has 3 aromatic rings. The molecule has 1 unspecified atom stereocenters. The number of likely N-dealkylation sites (N-methyl/N-ethyl adjacent to an activating group) is 1. The molecule has 1 atom stereocenters. The number of fused-ring (bicyclic) bond motifs is 1. The van der Waals surface area contributed by atoms with Crippen molar-refractivity contribution in [2.45, 2.75) is 12.5 Å². The molecule has 1 aliphatic heterocycles. The van der Waals surface area contributed by atoms with Crippen molar-refractivity contribution >= 4 is 23.0 Å². The summed E-state index contributed by atoms with van der Waals surface area (Å²) in [7, 11) is 3.84. The number of hydrogen-bond donors (Lipinski definition) is 2. The normalized spacial score (nSPS) is 13.9. The fourth-order valence-corrected chi connectivity index (χ4v) is 3.59. The van der Waals surface area contributed by atoms with E-state index in [-0.39, 0.29) is 6.61 Å². The Hall–Kier alpha value is -3.16. The third kappa shape index (κ3) is 4.87. The van der Waals surface area contributed by atoms with Gasteiger partial charge in [0, 0.05) is 30.5 Å². The number of anilines is 4. The lowest BCUT2D eigenvalue weighted by Crippen LogP contribution is -2.30. The van der Waals surface area contributed by atoms with Crippen LogP contribution in [0.4, 0.5) is 23.0 Å². The Bertz CT molecular complexity index is 977. The molecule has 156 valence electrons. The zero-order chi connectivity index (χ0) is 20.9. The molecule has 7 nitrogen and oxygen atoms in total. The number of aliphatic hydroxyl groups excluding tert-OH is 1. The molecule has 7 heteroatoms. The summed E-state index contributed by atoms with van der Waals surface area (Å²) in [4.78, 5) is 13.0. The van der Waals surface area contributed by atoms with Gasteiger partial charge in [-0.05, 0) is 56.4 Å². The summed E-state index contributed by atoms with van der Waals surface area (Å²) in [6.07, 6.45) is 2.09. The molecular weight excluding hydrogens is 378 g/mol. The Kier molecular flexibility index (Phi) is 6.11. The Morgan fingerprint density at radius 3 is 2.73 bits per heavy atom. The molecule has 4 rings (SSSR count). The van der Waals surface area contributed by atoms with Gasteiger partial charge >= 0.3 is 0 Å². The Balaban J connectivity index is 1.39. The molecule has 0 spiro atoms. The zero-order valence-corrected chi connectivity index (χ0v) is 17.3. The van der Waals surface area contributed by atoms with E-state index in [2.05, 4.69) is 44.5 Å². The predicted octanol–water partition coefficient (Wildman–Crippen LogP) is 3.22. The van der Waals surface area contributed by atoms with Gasteiger partial charge in [-0.1, -0.05) is 18.2 Å².